The average molecular weight is 620 g/mol. The summed E-state index contributed by atoms with van der Waals surface area (Å²) in [5.74, 6) is -2.04. The second-order valence-corrected chi connectivity index (χ2v) is 10.1. The van der Waals surface area contributed by atoms with Crippen LogP contribution in [-0.4, -0.2) is 56.9 Å². The van der Waals surface area contributed by atoms with Crippen molar-refractivity contribution in [2.75, 3.05) is 36.6 Å². The number of halogens is 5. The molecular weight excluding hydrogens is 593 g/mol. The van der Waals surface area contributed by atoms with Crippen molar-refractivity contribution in [2.45, 2.75) is 31.5 Å². The number of piperidine rings is 1. The first kappa shape index (κ1) is 30.5. The number of fused-ring (bicyclic) bond motifs is 1. The zero-order chi connectivity index (χ0) is 31.8. The van der Waals surface area contributed by atoms with Gasteiger partial charge in [-0.15, -0.1) is 0 Å². The predicted molar refractivity (Wildman–Crippen MR) is 149 cm³/mol. The van der Waals surface area contributed by atoms with E-state index in [-0.39, 0.29) is 24.0 Å². The number of urea groups is 1. The van der Waals surface area contributed by atoms with Crippen LogP contribution in [0.4, 0.5) is 48.7 Å². The van der Waals surface area contributed by atoms with Gasteiger partial charge in [0, 0.05) is 37.2 Å². The molecule has 1 aliphatic rings. The summed E-state index contributed by atoms with van der Waals surface area (Å²) < 4.78 is 75.6. The summed E-state index contributed by atoms with van der Waals surface area (Å²) in [4.78, 5) is 29.3. The van der Waals surface area contributed by atoms with Crippen LogP contribution in [0.1, 0.15) is 35.6 Å². The van der Waals surface area contributed by atoms with Gasteiger partial charge in [-0.3, -0.25) is 0 Å². The number of alkyl halides is 3. The number of methoxy groups -OCH3 is 1. The Morgan fingerprint density at radius 2 is 1.77 bits per heavy atom. The monoisotopic (exact) mass is 619 g/mol. The number of ether oxygens (including phenoxy) is 1. The minimum absolute atomic E-state index is 0.0825. The average Bonchev–Trinajstić information content (AvgIpc) is 3.30. The van der Waals surface area contributed by atoms with E-state index in [1.807, 2.05) is 5.32 Å². The molecule has 0 spiro atoms. The van der Waals surface area contributed by atoms with Crippen LogP contribution in [-0.2, 0) is 17.5 Å². The van der Waals surface area contributed by atoms with Gasteiger partial charge < -0.3 is 31.1 Å². The third-order valence-electron chi connectivity index (χ3n) is 7.38. The number of hydrogen-bond donors (Lipinski definition) is 4. The number of amides is 3. The zero-order valence-corrected chi connectivity index (χ0v) is 23.1. The second-order valence-electron chi connectivity index (χ2n) is 10.1. The Hall–Kier alpha value is -4.99. The number of nitrogens with one attached hydrogen (secondary N) is 2. The molecule has 232 valence electrons. The Morgan fingerprint density at radius 3 is 2.41 bits per heavy atom. The number of rotatable bonds is 6. The largest absolute Gasteiger partial charge is 0.465 e. The van der Waals surface area contributed by atoms with Gasteiger partial charge in [0.05, 0.1) is 29.2 Å². The molecule has 0 unspecified atom stereocenters. The van der Waals surface area contributed by atoms with Crippen LogP contribution in [0, 0.1) is 11.6 Å². The normalized spacial score (nSPS) is 14.2. The Morgan fingerprint density at radius 1 is 1.07 bits per heavy atom. The molecule has 0 bridgehead atoms. The van der Waals surface area contributed by atoms with E-state index in [0.717, 1.165) is 11.8 Å². The molecule has 1 fully saturated rings. The Labute approximate surface area is 246 Å². The van der Waals surface area contributed by atoms with Gasteiger partial charge in [0.15, 0.2) is 5.82 Å². The van der Waals surface area contributed by atoms with E-state index in [0.29, 0.717) is 66.3 Å². The first-order chi connectivity index (χ1) is 20.9. The predicted octanol–water partition coefficient (Wildman–Crippen LogP) is 5.92. The van der Waals surface area contributed by atoms with Crippen molar-refractivity contribution >= 4 is 34.8 Å². The molecular formula is C28H26F5N7O4. The molecule has 5 rings (SSSR count). The van der Waals surface area contributed by atoms with Crippen molar-refractivity contribution < 1.29 is 41.4 Å². The maximum Gasteiger partial charge on any atom is 0.416 e. The topological polar surface area (TPSA) is 147 Å². The summed E-state index contributed by atoms with van der Waals surface area (Å²) in [6, 6.07) is 4.20. The molecule has 0 aliphatic carbocycles. The molecule has 3 heterocycles. The van der Waals surface area contributed by atoms with Crippen molar-refractivity contribution in [1.82, 2.24) is 19.5 Å². The molecule has 16 heteroatoms. The number of anilines is 3. The minimum atomic E-state index is -4.77. The smallest absolute Gasteiger partial charge is 0.416 e. The number of benzene rings is 2. The standard InChI is InChI=1S/C28H26F5N7O4/c1-44-12-17-22(24-25(34)35-13-36-40(24)23(17)14-6-8-39(9-7-14)27(42)43)15-2-5-20(19(30)10-15)37-26(41)38-21-11-16(28(31,32)33)3-4-18(21)29/h2-5,10-11,13-14H,6-9,12H2,1H3,(H,42,43)(H2,34,35,36)(H2,37,38,41). The van der Waals surface area contributed by atoms with Gasteiger partial charge in [0.25, 0.3) is 0 Å². The Kier molecular flexibility index (Phi) is 8.27. The van der Waals surface area contributed by atoms with Crippen molar-refractivity contribution in [3.63, 3.8) is 0 Å². The molecule has 11 nitrogen and oxygen atoms in total. The SMILES string of the molecule is COCc1c(-c2ccc(NC(=O)Nc3cc(C(F)(F)F)ccc3F)c(F)c2)c2c(N)ncnn2c1C1CCN(C(=O)O)CC1. The molecule has 0 saturated carbocycles. The first-order valence-corrected chi connectivity index (χ1v) is 13.2. The molecule has 0 atom stereocenters. The number of nitrogens with zero attached hydrogens (tertiary/aromatic N) is 4. The maximum atomic E-state index is 15.4. The first-order valence-electron chi connectivity index (χ1n) is 13.2. The quantitative estimate of drug-likeness (QED) is 0.196. The fourth-order valence-corrected chi connectivity index (χ4v) is 5.39. The lowest BCUT2D eigenvalue weighted by Gasteiger charge is -2.30. The fourth-order valence-electron chi connectivity index (χ4n) is 5.39. The van der Waals surface area contributed by atoms with Crippen LogP contribution in [0.3, 0.4) is 0 Å². The Balaban J connectivity index is 1.48. The van der Waals surface area contributed by atoms with Crippen LogP contribution in [0.15, 0.2) is 42.7 Å². The highest BCUT2D eigenvalue weighted by Gasteiger charge is 2.33. The van der Waals surface area contributed by atoms with E-state index in [4.69, 9.17) is 10.5 Å². The lowest BCUT2D eigenvalue weighted by molar-refractivity contribution is -0.137. The van der Waals surface area contributed by atoms with Gasteiger partial charge in [0.2, 0.25) is 0 Å². The van der Waals surface area contributed by atoms with Gasteiger partial charge in [-0.25, -0.2) is 27.9 Å². The van der Waals surface area contributed by atoms with E-state index < -0.39 is 41.2 Å². The van der Waals surface area contributed by atoms with Crippen LogP contribution >= 0.6 is 0 Å². The van der Waals surface area contributed by atoms with Crippen LogP contribution in [0.2, 0.25) is 0 Å². The van der Waals surface area contributed by atoms with E-state index in [1.165, 1.54) is 30.5 Å². The Bertz CT molecular complexity index is 1740. The molecule has 2 aromatic heterocycles. The highest BCUT2D eigenvalue weighted by molar-refractivity contribution is 6.00. The van der Waals surface area contributed by atoms with Crippen molar-refractivity contribution in [3.05, 3.63) is 71.2 Å². The number of likely N-dealkylation sites (tertiary alicyclic amines) is 1. The molecule has 1 aliphatic heterocycles. The lowest BCUT2D eigenvalue weighted by atomic mass is 9.89. The minimum Gasteiger partial charge on any atom is -0.465 e. The molecule has 2 aromatic carbocycles. The number of nitrogens with two attached hydrogens (primary N) is 1. The van der Waals surface area contributed by atoms with Crippen LogP contribution < -0.4 is 16.4 Å². The summed E-state index contributed by atoms with van der Waals surface area (Å²) in [5, 5.41) is 17.9. The lowest BCUT2D eigenvalue weighted by Crippen LogP contribution is -2.37. The van der Waals surface area contributed by atoms with Gasteiger partial charge in [0.1, 0.15) is 23.5 Å². The van der Waals surface area contributed by atoms with Crippen molar-refractivity contribution in [1.29, 1.82) is 0 Å². The maximum absolute atomic E-state index is 15.4. The fraction of sp³-hybridized carbons (Fsp3) is 0.286. The van der Waals surface area contributed by atoms with Crippen LogP contribution in [0.5, 0.6) is 0 Å². The molecule has 1 saturated heterocycles. The number of nitrogen functional groups attached to an aromatic ring is 1. The molecule has 3 amide bonds. The second kappa shape index (κ2) is 11.9. The van der Waals surface area contributed by atoms with E-state index >= 15 is 4.39 Å². The third kappa shape index (κ3) is 5.92. The summed E-state index contributed by atoms with van der Waals surface area (Å²) >= 11 is 0. The summed E-state index contributed by atoms with van der Waals surface area (Å²) in [6.07, 6.45) is -3.50. The molecule has 44 heavy (non-hydrogen) atoms. The number of carboxylic acid groups (broad SMARTS) is 1. The number of carbonyl (C=O) groups excluding carboxylic acids is 1. The summed E-state index contributed by atoms with van der Waals surface area (Å²) in [6.45, 7) is 0.688. The van der Waals surface area contributed by atoms with Crippen LogP contribution in [0.25, 0.3) is 16.6 Å². The van der Waals surface area contributed by atoms with Gasteiger partial charge in [-0.1, -0.05) is 6.07 Å². The van der Waals surface area contributed by atoms with E-state index in [1.54, 1.807) is 4.52 Å². The zero-order valence-electron chi connectivity index (χ0n) is 23.1. The van der Waals surface area contributed by atoms with Gasteiger partial charge in [-0.05, 0) is 48.7 Å². The number of carbonyl (C=O) groups is 2. The number of aromatic nitrogens is 3. The summed E-state index contributed by atoms with van der Waals surface area (Å²) in [7, 11) is 1.48. The van der Waals surface area contributed by atoms with Gasteiger partial charge in [-0.2, -0.15) is 18.3 Å². The van der Waals surface area contributed by atoms with E-state index in [9.17, 15) is 32.3 Å². The molecule has 5 N–H and O–H groups in total. The summed E-state index contributed by atoms with van der Waals surface area (Å²) in [5.41, 5.74) is 6.57. The highest BCUT2D eigenvalue weighted by atomic mass is 19.4. The van der Waals surface area contributed by atoms with Crippen molar-refractivity contribution in [2.24, 2.45) is 0 Å². The third-order valence-corrected chi connectivity index (χ3v) is 7.38. The highest BCUT2D eigenvalue weighted by Crippen LogP contribution is 2.42. The number of hydrogen-bond acceptors (Lipinski definition) is 6. The molecule has 0 radical (unpaired) electrons. The van der Waals surface area contributed by atoms with E-state index in [2.05, 4.69) is 15.4 Å². The van der Waals surface area contributed by atoms with Gasteiger partial charge >= 0.3 is 18.3 Å². The molecule has 4 aromatic rings. The van der Waals surface area contributed by atoms with Crippen molar-refractivity contribution in [3.8, 4) is 11.1 Å².